The van der Waals surface area contributed by atoms with Gasteiger partial charge in [-0.3, -0.25) is 10.3 Å². The van der Waals surface area contributed by atoms with Crippen LogP contribution in [0.15, 0.2) is 47.1 Å². The van der Waals surface area contributed by atoms with Gasteiger partial charge in [-0.2, -0.15) is 13.2 Å². The van der Waals surface area contributed by atoms with Crippen LogP contribution in [0.2, 0.25) is 5.02 Å². The number of pyridine rings is 1. The normalized spacial score (nSPS) is 15.6. The predicted molar refractivity (Wildman–Crippen MR) is 118 cm³/mol. The lowest BCUT2D eigenvalue weighted by molar-refractivity contribution is -0.137. The van der Waals surface area contributed by atoms with Crippen molar-refractivity contribution in [2.75, 3.05) is 13.2 Å². The second-order valence-corrected chi connectivity index (χ2v) is 8.23. The zero-order valence-corrected chi connectivity index (χ0v) is 19.1. The van der Waals surface area contributed by atoms with E-state index in [1.165, 1.54) is 18.2 Å². The summed E-state index contributed by atoms with van der Waals surface area (Å²) in [5, 5.41) is 10.4. The molecule has 1 aromatic heterocycles. The molecule has 0 saturated carbocycles. The molecule has 2 heterocycles. The van der Waals surface area contributed by atoms with Gasteiger partial charge in [-0.15, -0.1) is 0 Å². The number of rotatable bonds is 9. The first-order valence-electron chi connectivity index (χ1n) is 9.60. The van der Waals surface area contributed by atoms with E-state index < -0.39 is 11.7 Å². The van der Waals surface area contributed by atoms with E-state index in [4.69, 9.17) is 49.1 Å². The largest absolute Gasteiger partial charge is 0.506 e. The van der Waals surface area contributed by atoms with Crippen molar-refractivity contribution in [3.63, 3.8) is 0 Å². The Labute approximate surface area is 202 Å². The molecule has 2 N–H and O–H groups in total. The fourth-order valence-corrected chi connectivity index (χ4v) is 3.17. The average molecular weight is 526 g/mol. The molecular weight excluding hydrogens is 508 g/mol. The van der Waals surface area contributed by atoms with Crippen molar-refractivity contribution in [3.8, 4) is 17.4 Å². The van der Waals surface area contributed by atoms with Gasteiger partial charge in [0.2, 0.25) is 5.88 Å². The van der Waals surface area contributed by atoms with Crippen LogP contribution in [0.1, 0.15) is 24.0 Å². The zero-order chi connectivity index (χ0) is 24.0. The van der Waals surface area contributed by atoms with Crippen LogP contribution in [0, 0.1) is 0 Å². The lowest BCUT2D eigenvalue weighted by Gasteiger charge is -2.11. The van der Waals surface area contributed by atoms with Gasteiger partial charge in [-0.25, -0.2) is 4.98 Å². The minimum Gasteiger partial charge on any atom is -0.506 e. The summed E-state index contributed by atoms with van der Waals surface area (Å²) in [6.45, 7) is 0.348. The Morgan fingerprint density at radius 3 is 2.70 bits per heavy atom. The lowest BCUT2D eigenvalue weighted by Crippen LogP contribution is -2.13. The van der Waals surface area contributed by atoms with Gasteiger partial charge >= 0.3 is 6.18 Å². The lowest BCUT2D eigenvalue weighted by atomic mass is 10.1. The Morgan fingerprint density at radius 1 is 1.24 bits per heavy atom. The molecule has 1 aliphatic rings. The number of halogens is 6. The van der Waals surface area contributed by atoms with Crippen LogP contribution in [0.5, 0.6) is 17.4 Å². The zero-order valence-electron chi connectivity index (χ0n) is 16.8. The summed E-state index contributed by atoms with van der Waals surface area (Å²) >= 11 is 17.2. The van der Waals surface area contributed by atoms with Crippen molar-refractivity contribution >= 4 is 40.5 Å². The molecule has 0 radical (unpaired) electrons. The molecular formula is C21H18Cl3F3N2O4. The molecule has 6 nitrogen and oxygen atoms in total. The predicted octanol–water partition coefficient (Wildman–Crippen LogP) is 6.26. The van der Waals surface area contributed by atoms with E-state index in [1.54, 1.807) is 12.1 Å². The van der Waals surface area contributed by atoms with Gasteiger partial charge in [0.25, 0.3) is 0 Å². The standard InChI is InChI=1S/C21H18Cl3F3N2O4/c22-16-9-14(31-7-5-18(23)24)8-15(20(16)30)17-10-13(33-29-17)2-1-6-32-19-4-3-12(11-28-19)21(25,26)27/h3-5,8-11,13,29-30H,1-2,6-7H2. The first-order valence-corrected chi connectivity index (χ1v) is 10.7. The number of aromatic hydroxyl groups is 1. The molecule has 12 heteroatoms. The van der Waals surface area contributed by atoms with Crippen LogP contribution in [0.3, 0.4) is 0 Å². The maximum atomic E-state index is 12.6. The number of nitrogens with zero attached hydrogens (tertiary/aromatic N) is 1. The van der Waals surface area contributed by atoms with E-state index in [-0.39, 0.29) is 40.5 Å². The van der Waals surface area contributed by atoms with Gasteiger partial charge in [0.1, 0.15) is 28.7 Å². The molecule has 33 heavy (non-hydrogen) atoms. The van der Waals surface area contributed by atoms with Gasteiger partial charge in [0.05, 0.1) is 22.9 Å². The molecule has 0 saturated heterocycles. The van der Waals surface area contributed by atoms with E-state index >= 15 is 0 Å². The smallest absolute Gasteiger partial charge is 0.417 e. The summed E-state index contributed by atoms with van der Waals surface area (Å²) in [5.41, 5.74) is 2.79. The van der Waals surface area contributed by atoms with Crippen LogP contribution in [-0.4, -0.2) is 29.4 Å². The number of benzene rings is 1. The van der Waals surface area contributed by atoms with E-state index in [0.717, 1.165) is 12.3 Å². The second kappa shape index (κ2) is 11.2. The molecule has 3 rings (SSSR count). The topological polar surface area (TPSA) is 72.8 Å². The number of ether oxygens (including phenoxy) is 2. The Balaban J connectivity index is 1.54. The Hall–Kier alpha value is -2.33. The Kier molecular flexibility index (Phi) is 8.58. The van der Waals surface area contributed by atoms with Gasteiger partial charge in [0.15, 0.2) is 0 Å². The van der Waals surface area contributed by atoms with E-state index in [1.807, 2.05) is 0 Å². The summed E-state index contributed by atoms with van der Waals surface area (Å²) in [6.07, 6.45) is 0.261. The molecule has 178 valence electrons. The summed E-state index contributed by atoms with van der Waals surface area (Å²) < 4.78 is 48.6. The molecule has 1 unspecified atom stereocenters. The van der Waals surface area contributed by atoms with Gasteiger partial charge < -0.3 is 14.6 Å². The summed E-state index contributed by atoms with van der Waals surface area (Å²) in [4.78, 5) is 9.15. The molecule has 0 spiro atoms. The SMILES string of the molecule is Oc1c(Cl)cc(OCC=C(Cl)Cl)cc1C1=CC(CCCOc2ccc(C(F)(F)F)cn2)ON1. The molecule has 1 atom stereocenters. The quantitative estimate of drug-likeness (QED) is 0.377. The van der Waals surface area contributed by atoms with E-state index in [2.05, 4.69) is 10.5 Å². The van der Waals surface area contributed by atoms with Crippen LogP contribution in [-0.2, 0) is 11.0 Å². The third-order valence-electron chi connectivity index (χ3n) is 4.43. The number of phenols is 1. The highest BCUT2D eigenvalue weighted by molar-refractivity contribution is 6.55. The average Bonchev–Trinajstić information content (AvgIpc) is 3.22. The Morgan fingerprint density at radius 2 is 2.03 bits per heavy atom. The summed E-state index contributed by atoms with van der Waals surface area (Å²) in [6, 6.07) is 5.13. The Bertz CT molecular complexity index is 1030. The fraction of sp³-hybridized carbons (Fsp3) is 0.286. The van der Waals surface area contributed by atoms with Crippen molar-refractivity contribution in [2.45, 2.75) is 25.1 Å². The van der Waals surface area contributed by atoms with Crippen molar-refractivity contribution in [3.05, 3.63) is 63.3 Å². The number of phenolic OH excluding ortho intramolecular Hbond substituents is 1. The molecule has 2 aromatic rings. The molecule has 0 bridgehead atoms. The van der Waals surface area contributed by atoms with Crippen LogP contribution in [0.4, 0.5) is 13.2 Å². The minimum absolute atomic E-state index is 0.0644. The maximum Gasteiger partial charge on any atom is 0.417 e. The number of hydrogen-bond donors (Lipinski definition) is 2. The second-order valence-electron chi connectivity index (χ2n) is 6.82. The molecule has 0 aliphatic carbocycles. The van der Waals surface area contributed by atoms with Crippen LogP contribution >= 0.6 is 34.8 Å². The number of aromatic nitrogens is 1. The number of alkyl halides is 3. The maximum absolute atomic E-state index is 12.6. The highest BCUT2D eigenvalue weighted by Gasteiger charge is 2.30. The third-order valence-corrected chi connectivity index (χ3v) is 5.03. The van der Waals surface area contributed by atoms with Crippen LogP contribution in [0.25, 0.3) is 5.70 Å². The monoisotopic (exact) mass is 524 g/mol. The van der Waals surface area contributed by atoms with Gasteiger partial charge in [-0.1, -0.05) is 34.8 Å². The van der Waals surface area contributed by atoms with Crippen molar-refractivity contribution in [1.29, 1.82) is 0 Å². The third kappa shape index (κ3) is 7.33. The van der Waals surface area contributed by atoms with Crippen molar-refractivity contribution < 1.29 is 32.6 Å². The van der Waals surface area contributed by atoms with Gasteiger partial charge in [-0.05, 0) is 37.1 Å². The summed E-state index contributed by atoms with van der Waals surface area (Å²) in [5.74, 6) is 0.350. The minimum atomic E-state index is -4.44. The van der Waals surface area contributed by atoms with Gasteiger partial charge in [0, 0.05) is 23.9 Å². The number of nitrogens with one attached hydrogen (secondary N) is 1. The van der Waals surface area contributed by atoms with Crippen LogP contribution < -0.4 is 15.0 Å². The number of hydrogen-bond acceptors (Lipinski definition) is 6. The molecule has 1 aliphatic heterocycles. The van der Waals surface area contributed by atoms with Crippen molar-refractivity contribution in [1.82, 2.24) is 10.5 Å². The summed E-state index contributed by atoms with van der Waals surface area (Å²) in [7, 11) is 0. The highest BCUT2D eigenvalue weighted by Crippen LogP contribution is 2.37. The highest BCUT2D eigenvalue weighted by atomic mass is 35.5. The van der Waals surface area contributed by atoms with E-state index in [0.29, 0.717) is 29.9 Å². The number of hydroxylamine groups is 1. The fourth-order valence-electron chi connectivity index (χ4n) is 2.84. The first-order chi connectivity index (χ1) is 15.6. The van der Waals surface area contributed by atoms with Crippen molar-refractivity contribution in [2.24, 2.45) is 0 Å². The molecule has 0 amide bonds. The van der Waals surface area contributed by atoms with E-state index in [9.17, 15) is 18.3 Å². The first kappa shape index (κ1) is 25.3. The molecule has 0 fully saturated rings. The molecule has 1 aromatic carbocycles.